The van der Waals surface area contributed by atoms with Gasteiger partial charge in [0.2, 0.25) is 11.7 Å². The summed E-state index contributed by atoms with van der Waals surface area (Å²) in [7, 11) is -4.28. The molecule has 27 heavy (non-hydrogen) atoms. The fraction of sp³-hybridized carbons (Fsp3) is 0.714. The fourth-order valence-electron chi connectivity index (χ4n) is 2.99. The molecular weight excluding hydrogens is 398 g/mol. The molecule has 1 unspecified atom stereocenters. The molecule has 0 spiro atoms. The molecule has 3 heterocycles. The number of phosphoric ester groups is 1. The Balaban J connectivity index is 1.93. The molecule has 0 aliphatic carbocycles. The van der Waals surface area contributed by atoms with E-state index in [0.717, 1.165) is 0 Å². The Hall–Kier alpha value is -1.30. The van der Waals surface area contributed by atoms with Gasteiger partial charge in [0.05, 0.1) is 19.1 Å². The molecule has 0 radical (unpaired) electrons. The van der Waals surface area contributed by atoms with Crippen LogP contribution in [0.4, 0.5) is 13.2 Å². The van der Waals surface area contributed by atoms with E-state index in [1.54, 1.807) is 0 Å². The van der Waals surface area contributed by atoms with Crippen molar-refractivity contribution in [3.63, 3.8) is 0 Å². The standard InChI is InChI=1S/C14H17F3NO8P/c1-6(2)25-27(22)23-5-14(13(16)17)11(26-27)10(21)12(24-14)18-4-7(15)8(19)3-9(18)20/h4,6,10-13,21H,3,5H2,1-2H3/t10-,11-,12+,14+,27?/m0/s1. The number of ketones is 1. The lowest BCUT2D eigenvalue weighted by Crippen LogP contribution is -2.56. The first-order valence-electron chi connectivity index (χ1n) is 7.96. The van der Waals surface area contributed by atoms with Crippen LogP contribution in [-0.4, -0.2) is 64.9 Å². The zero-order chi connectivity index (χ0) is 20.1. The molecule has 0 aromatic heterocycles. The number of allylic oxidation sites excluding steroid dienone is 1. The molecular formula is C14H17F3NO8P. The van der Waals surface area contributed by atoms with Crippen LogP contribution in [0.15, 0.2) is 12.0 Å². The molecule has 2 fully saturated rings. The SMILES string of the molecule is CC(C)OP1(=O)OC[C@@]2(C(F)F)O[C@@H](N3C=C(F)C(=O)CC3=O)[C@@H](O)[C@@H]2O1. The van der Waals surface area contributed by atoms with Crippen molar-refractivity contribution in [3.05, 3.63) is 12.0 Å². The Kier molecular flexibility index (Phi) is 5.26. The second-order valence-electron chi connectivity index (χ2n) is 6.53. The van der Waals surface area contributed by atoms with Crippen LogP contribution in [0, 0.1) is 0 Å². The highest BCUT2D eigenvalue weighted by molar-refractivity contribution is 7.48. The Morgan fingerprint density at radius 3 is 2.67 bits per heavy atom. The van der Waals surface area contributed by atoms with Crippen molar-refractivity contribution >= 4 is 19.5 Å². The number of alkyl halides is 2. The highest BCUT2D eigenvalue weighted by atomic mass is 31.2. The van der Waals surface area contributed by atoms with Gasteiger partial charge in [0.25, 0.3) is 6.43 Å². The number of carbonyl (C=O) groups excluding carboxylic acids is 2. The van der Waals surface area contributed by atoms with E-state index in [-0.39, 0.29) is 0 Å². The summed E-state index contributed by atoms with van der Waals surface area (Å²) < 4.78 is 73.6. The van der Waals surface area contributed by atoms with Gasteiger partial charge in [-0.1, -0.05) is 0 Å². The normalized spacial score (nSPS) is 39.9. The summed E-state index contributed by atoms with van der Waals surface area (Å²) in [5, 5.41) is 10.4. The summed E-state index contributed by atoms with van der Waals surface area (Å²) in [6, 6.07) is 0. The number of hydrogen-bond donors (Lipinski definition) is 1. The zero-order valence-corrected chi connectivity index (χ0v) is 15.1. The molecule has 2 saturated heterocycles. The van der Waals surface area contributed by atoms with E-state index in [2.05, 4.69) is 0 Å². The van der Waals surface area contributed by atoms with Crippen LogP contribution in [-0.2, 0) is 32.5 Å². The van der Waals surface area contributed by atoms with E-state index in [0.29, 0.717) is 11.1 Å². The van der Waals surface area contributed by atoms with Crippen LogP contribution < -0.4 is 0 Å². The quantitative estimate of drug-likeness (QED) is 0.540. The third kappa shape index (κ3) is 3.45. The molecule has 152 valence electrons. The van der Waals surface area contributed by atoms with Gasteiger partial charge in [0.15, 0.2) is 17.7 Å². The van der Waals surface area contributed by atoms with Gasteiger partial charge in [0, 0.05) is 6.20 Å². The topological polar surface area (TPSA) is 112 Å². The third-order valence-corrected chi connectivity index (χ3v) is 5.83. The first-order chi connectivity index (χ1) is 12.5. The van der Waals surface area contributed by atoms with Gasteiger partial charge in [-0.25, -0.2) is 17.7 Å². The van der Waals surface area contributed by atoms with Crippen molar-refractivity contribution in [1.29, 1.82) is 0 Å². The molecule has 3 aliphatic rings. The number of amides is 1. The van der Waals surface area contributed by atoms with Crippen LogP contribution in [0.2, 0.25) is 0 Å². The first kappa shape index (κ1) is 20.4. The van der Waals surface area contributed by atoms with E-state index in [9.17, 15) is 32.4 Å². The lowest BCUT2D eigenvalue weighted by atomic mass is 9.96. The smallest absolute Gasteiger partial charge is 0.386 e. The Bertz CT molecular complexity index is 731. The lowest BCUT2D eigenvalue weighted by Gasteiger charge is -2.39. The molecule has 13 heteroatoms. The van der Waals surface area contributed by atoms with Crippen molar-refractivity contribution in [2.24, 2.45) is 0 Å². The molecule has 9 nitrogen and oxygen atoms in total. The predicted molar refractivity (Wildman–Crippen MR) is 79.9 cm³/mol. The second-order valence-corrected chi connectivity index (χ2v) is 8.11. The average molecular weight is 415 g/mol. The number of phosphoric acid groups is 1. The van der Waals surface area contributed by atoms with Gasteiger partial charge in [-0.15, -0.1) is 0 Å². The number of nitrogens with zero attached hydrogens (tertiary/aromatic N) is 1. The number of hydrogen-bond acceptors (Lipinski definition) is 8. The number of Topliss-reactive ketones (excluding diaryl/α,β-unsaturated/α-hetero) is 1. The van der Waals surface area contributed by atoms with Crippen molar-refractivity contribution in [3.8, 4) is 0 Å². The minimum Gasteiger partial charge on any atom is -0.386 e. The van der Waals surface area contributed by atoms with Gasteiger partial charge >= 0.3 is 7.82 Å². The summed E-state index contributed by atoms with van der Waals surface area (Å²) in [6.45, 7) is 2.05. The number of aliphatic hydroxyl groups is 1. The maximum atomic E-state index is 13.8. The third-order valence-electron chi connectivity index (χ3n) is 4.22. The highest BCUT2D eigenvalue weighted by Gasteiger charge is 2.68. The van der Waals surface area contributed by atoms with Crippen LogP contribution in [0.5, 0.6) is 0 Å². The average Bonchev–Trinajstić information content (AvgIpc) is 2.84. The molecule has 1 N–H and O–H groups in total. The molecule has 0 aromatic rings. The first-order valence-corrected chi connectivity index (χ1v) is 9.42. The molecule has 0 aromatic carbocycles. The van der Waals surface area contributed by atoms with E-state index in [1.165, 1.54) is 13.8 Å². The number of rotatable bonds is 4. The second kappa shape index (κ2) is 6.94. The summed E-state index contributed by atoms with van der Waals surface area (Å²) >= 11 is 0. The largest absolute Gasteiger partial charge is 0.475 e. The van der Waals surface area contributed by atoms with Crippen molar-refractivity contribution < 1.29 is 50.7 Å². The molecule has 3 aliphatic heterocycles. The minimum absolute atomic E-state index is 0.462. The summed E-state index contributed by atoms with van der Waals surface area (Å²) in [4.78, 5) is 23.7. The van der Waals surface area contributed by atoms with Gasteiger partial charge < -0.3 is 9.84 Å². The van der Waals surface area contributed by atoms with Gasteiger partial charge in [0.1, 0.15) is 12.2 Å². The number of aliphatic hydroxyl groups excluding tert-OH is 1. The molecule has 0 saturated carbocycles. The van der Waals surface area contributed by atoms with Gasteiger partial charge in [-0.3, -0.25) is 28.1 Å². The number of fused-ring (bicyclic) bond motifs is 1. The summed E-state index contributed by atoms with van der Waals surface area (Å²) in [5.74, 6) is -3.34. The van der Waals surface area contributed by atoms with Crippen molar-refractivity contribution in [2.45, 2.75) is 56.8 Å². The molecule has 0 bridgehead atoms. The van der Waals surface area contributed by atoms with Crippen molar-refractivity contribution in [1.82, 2.24) is 4.90 Å². The zero-order valence-electron chi connectivity index (χ0n) is 14.2. The molecule has 3 rings (SSSR count). The predicted octanol–water partition coefficient (Wildman–Crippen LogP) is 1.27. The Morgan fingerprint density at radius 1 is 1.41 bits per heavy atom. The lowest BCUT2D eigenvalue weighted by molar-refractivity contribution is -0.213. The van der Waals surface area contributed by atoms with Gasteiger partial charge in [-0.2, -0.15) is 0 Å². The van der Waals surface area contributed by atoms with Crippen LogP contribution in [0.3, 0.4) is 0 Å². The summed E-state index contributed by atoms with van der Waals surface area (Å²) in [6.07, 6.45) is -9.93. The van der Waals surface area contributed by atoms with Crippen molar-refractivity contribution in [2.75, 3.05) is 6.61 Å². The number of ether oxygens (including phenoxy) is 1. The monoisotopic (exact) mass is 415 g/mol. The Morgan fingerprint density at radius 2 is 2.07 bits per heavy atom. The summed E-state index contributed by atoms with van der Waals surface area (Å²) in [5.41, 5.74) is -2.57. The maximum absolute atomic E-state index is 13.8. The van der Waals surface area contributed by atoms with Crippen LogP contribution in [0.25, 0.3) is 0 Å². The van der Waals surface area contributed by atoms with Crippen LogP contribution in [0.1, 0.15) is 20.3 Å². The maximum Gasteiger partial charge on any atom is 0.475 e. The highest BCUT2D eigenvalue weighted by Crippen LogP contribution is 2.60. The number of halogens is 3. The fourth-order valence-corrected chi connectivity index (χ4v) is 4.61. The van der Waals surface area contributed by atoms with E-state index >= 15 is 0 Å². The van der Waals surface area contributed by atoms with E-state index < -0.39 is 74.9 Å². The molecule has 5 atom stereocenters. The van der Waals surface area contributed by atoms with Gasteiger partial charge in [-0.05, 0) is 13.8 Å². The Labute approximate surface area is 151 Å². The molecule has 1 amide bonds. The van der Waals surface area contributed by atoms with E-state index in [4.69, 9.17) is 18.3 Å². The van der Waals surface area contributed by atoms with E-state index in [1.807, 2.05) is 0 Å². The number of carbonyl (C=O) groups is 2. The minimum atomic E-state index is -4.28. The van der Waals surface area contributed by atoms with Crippen LogP contribution >= 0.6 is 7.82 Å².